The fourth-order valence-corrected chi connectivity index (χ4v) is 4.49. The first-order chi connectivity index (χ1) is 15.0. The summed E-state index contributed by atoms with van der Waals surface area (Å²) in [5, 5.41) is 0. The van der Waals surface area contributed by atoms with Crippen LogP contribution in [0.1, 0.15) is 71.5 Å². The number of hydrogen-bond acceptors (Lipinski definition) is 4. The maximum absolute atomic E-state index is 12.9. The molecule has 1 aromatic heterocycles. The van der Waals surface area contributed by atoms with Gasteiger partial charge in [0.2, 0.25) is 5.91 Å². The Morgan fingerprint density at radius 3 is 2.68 bits per heavy atom. The summed E-state index contributed by atoms with van der Waals surface area (Å²) < 4.78 is 0. The minimum atomic E-state index is -0.168. The van der Waals surface area contributed by atoms with E-state index in [1.54, 1.807) is 4.90 Å². The third-order valence-corrected chi connectivity index (χ3v) is 6.30. The molecule has 1 atom stereocenters. The molecule has 1 N–H and O–H groups in total. The van der Waals surface area contributed by atoms with E-state index in [1.165, 1.54) is 0 Å². The van der Waals surface area contributed by atoms with Crippen LogP contribution in [0.3, 0.4) is 0 Å². The quantitative estimate of drug-likeness (QED) is 0.821. The molecular formula is C24H30N4O3. The number of aryl methyl sites for hydroxylation is 1. The maximum Gasteiger partial charge on any atom is 0.256 e. The number of fused-ring (bicyclic) bond motifs is 1. The highest BCUT2D eigenvalue weighted by molar-refractivity contribution is 5.94. The highest BCUT2D eigenvalue weighted by Gasteiger charge is 2.29. The van der Waals surface area contributed by atoms with Crippen molar-refractivity contribution in [1.29, 1.82) is 0 Å². The van der Waals surface area contributed by atoms with Gasteiger partial charge in [-0.05, 0) is 38.3 Å². The molecule has 2 aromatic rings. The third kappa shape index (κ3) is 4.55. The number of benzene rings is 1. The van der Waals surface area contributed by atoms with E-state index in [9.17, 15) is 14.4 Å². The second-order valence-electron chi connectivity index (χ2n) is 8.65. The number of likely N-dealkylation sites (tertiary alicyclic amines) is 1. The summed E-state index contributed by atoms with van der Waals surface area (Å²) >= 11 is 0. The highest BCUT2D eigenvalue weighted by atomic mass is 16.2. The zero-order chi connectivity index (χ0) is 22.0. The Kier molecular flexibility index (Phi) is 6.20. The molecule has 2 aliphatic rings. The Balaban J connectivity index is 1.51. The number of H-pyrrole nitrogens is 1. The van der Waals surface area contributed by atoms with Crippen molar-refractivity contribution in [2.24, 2.45) is 0 Å². The molecule has 0 saturated carbocycles. The van der Waals surface area contributed by atoms with E-state index < -0.39 is 0 Å². The van der Waals surface area contributed by atoms with E-state index >= 15 is 0 Å². The smallest absolute Gasteiger partial charge is 0.256 e. The maximum atomic E-state index is 12.9. The van der Waals surface area contributed by atoms with Crippen LogP contribution >= 0.6 is 0 Å². The highest BCUT2D eigenvalue weighted by Crippen LogP contribution is 2.26. The predicted octanol–water partition coefficient (Wildman–Crippen LogP) is 2.78. The fraction of sp³-hybridized carbons (Fsp3) is 0.500. The van der Waals surface area contributed by atoms with E-state index in [1.807, 2.05) is 43.0 Å². The van der Waals surface area contributed by atoms with Crippen LogP contribution in [0.25, 0.3) is 0 Å². The molecule has 0 radical (unpaired) electrons. The Morgan fingerprint density at radius 2 is 1.94 bits per heavy atom. The number of aromatic nitrogens is 2. The number of aromatic amines is 1. The number of piperidine rings is 1. The van der Waals surface area contributed by atoms with Gasteiger partial charge in [-0.15, -0.1) is 0 Å². The summed E-state index contributed by atoms with van der Waals surface area (Å²) in [5.74, 6) is 0.847. The van der Waals surface area contributed by atoms with Gasteiger partial charge in [0.25, 0.3) is 11.5 Å². The van der Waals surface area contributed by atoms with Gasteiger partial charge in [-0.1, -0.05) is 24.6 Å². The third-order valence-electron chi connectivity index (χ3n) is 6.30. The molecule has 0 unspecified atom stereocenters. The zero-order valence-corrected chi connectivity index (χ0v) is 18.3. The lowest BCUT2D eigenvalue weighted by Gasteiger charge is -2.33. The van der Waals surface area contributed by atoms with Crippen LogP contribution in [0.4, 0.5) is 0 Å². The molecule has 2 amide bonds. The van der Waals surface area contributed by atoms with Crippen molar-refractivity contribution in [3.05, 3.63) is 62.8 Å². The minimum Gasteiger partial charge on any atom is -0.342 e. The van der Waals surface area contributed by atoms with Gasteiger partial charge in [-0.25, -0.2) is 4.98 Å². The average Bonchev–Trinajstić information content (AvgIpc) is 2.79. The van der Waals surface area contributed by atoms with E-state index in [4.69, 9.17) is 4.98 Å². The van der Waals surface area contributed by atoms with E-state index in [2.05, 4.69) is 4.98 Å². The molecule has 31 heavy (non-hydrogen) atoms. The second-order valence-corrected chi connectivity index (χ2v) is 8.65. The molecule has 1 aromatic carbocycles. The molecule has 2 aliphatic heterocycles. The molecule has 164 valence electrons. The molecule has 0 aliphatic carbocycles. The number of amides is 2. The first kappa shape index (κ1) is 21.3. The molecule has 1 saturated heterocycles. The van der Waals surface area contributed by atoms with Crippen molar-refractivity contribution in [3.63, 3.8) is 0 Å². The predicted molar refractivity (Wildman–Crippen MR) is 118 cm³/mol. The monoisotopic (exact) mass is 422 g/mol. The number of carbonyl (C=O) groups is 2. The van der Waals surface area contributed by atoms with Crippen LogP contribution in [0.2, 0.25) is 0 Å². The molecule has 7 nitrogen and oxygen atoms in total. The van der Waals surface area contributed by atoms with E-state index in [0.717, 1.165) is 37.1 Å². The van der Waals surface area contributed by atoms with Crippen molar-refractivity contribution < 1.29 is 9.59 Å². The van der Waals surface area contributed by atoms with Crippen LogP contribution in [0, 0.1) is 6.92 Å². The van der Waals surface area contributed by atoms with Gasteiger partial charge >= 0.3 is 0 Å². The fourth-order valence-electron chi connectivity index (χ4n) is 4.49. The lowest BCUT2D eigenvalue weighted by Crippen LogP contribution is -2.42. The summed E-state index contributed by atoms with van der Waals surface area (Å²) in [5.41, 5.74) is 2.92. The van der Waals surface area contributed by atoms with Crippen LogP contribution in [-0.2, 0) is 17.8 Å². The Morgan fingerprint density at radius 1 is 1.16 bits per heavy atom. The SMILES string of the molecule is CCCC(=O)N1CCC[C@H](c2nc3c(c(=O)[nH]2)CN(C(=O)c2ccc(C)cc2)CC3)C1. The minimum absolute atomic E-state index is 0.0553. The van der Waals surface area contributed by atoms with Gasteiger partial charge in [0, 0.05) is 44.0 Å². The van der Waals surface area contributed by atoms with Gasteiger partial charge in [0.15, 0.2) is 0 Å². The lowest BCUT2D eigenvalue weighted by atomic mass is 9.96. The molecule has 0 bridgehead atoms. The number of rotatable bonds is 4. The molecule has 1 fully saturated rings. The van der Waals surface area contributed by atoms with Gasteiger partial charge in [-0.3, -0.25) is 14.4 Å². The summed E-state index contributed by atoms with van der Waals surface area (Å²) in [6.45, 7) is 6.20. The van der Waals surface area contributed by atoms with Crippen molar-refractivity contribution >= 4 is 11.8 Å². The number of hydrogen-bond donors (Lipinski definition) is 1. The van der Waals surface area contributed by atoms with Crippen LogP contribution in [0.5, 0.6) is 0 Å². The molecular weight excluding hydrogens is 392 g/mol. The zero-order valence-electron chi connectivity index (χ0n) is 18.3. The number of carbonyl (C=O) groups excluding carboxylic acids is 2. The molecule has 4 rings (SSSR count). The molecule has 7 heteroatoms. The first-order valence-electron chi connectivity index (χ1n) is 11.2. The van der Waals surface area contributed by atoms with Crippen molar-refractivity contribution in [2.45, 2.75) is 58.4 Å². The topological polar surface area (TPSA) is 86.4 Å². The average molecular weight is 423 g/mol. The van der Waals surface area contributed by atoms with Crippen molar-refractivity contribution in [2.75, 3.05) is 19.6 Å². The molecule has 0 spiro atoms. The normalized spacial score (nSPS) is 18.6. The summed E-state index contributed by atoms with van der Waals surface area (Å²) in [6.07, 6.45) is 3.79. The van der Waals surface area contributed by atoms with Crippen LogP contribution in [0.15, 0.2) is 29.1 Å². The summed E-state index contributed by atoms with van der Waals surface area (Å²) in [6, 6.07) is 7.50. The number of nitrogens with zero attached hydrogens (tertiary/aromatic N) is 3. The summed E-state index contributed by atoms with van der Waals surface area (Å²) in [7, 11) is 0. The Bertz CT molecular complexity index is 1030. The Labute approximate surface area is 182 Å². The van der Waals surface area contributed by atoms with E-state index in [-0.39, 0.29) is 29.8 Å². The summed E-state index contributed by atoms with van der Waals surface area (Å²) in [4.78, 5) is 49.4. The van der Waals surface area contributed by atoms with Gasteiger partial charge in [0.05, 0.1) is 17.8 Å². The van der Waals surface area contributed by atoms with Crippen molar-refractivity contribution in [3.8, 4) is 0 Å². The Hall–Kier alpha value is -2.96. The second kappa shape index (κ2) is 9.04. The number of nitrogens with one attached hydrogen (secondary N) is 1. The lowest BCUT2D eigenvalue weighted by molar-refractivity contribution is -0.132. The van der Waals surface area contributed by atoms with Crippen molar-refractivity contribution in [1.82, 2.24) is 19.8 Å². The van der Waals surface area contributed by atoms with Gasteiger partial charge in [-0.2, -0.15) is 0 Å². The largest absolute Gasteiger partial charge is 0.342 e. The standard InChI is InChI=1S/C24H30N4O3/c1-3-5-21(29)27-12-4-6-18(14-27)22-25-20-11-13-28(15-19(20)23(30)26-22)24(31)17-9-7-16(2)8-10-17/h7-10,18H,3-6,11-15H2,1-2H3,(H,25,26,30)/t18-/m0/s1. The van der Waals surface area contributed by atoms with Gasteiger partial charge < -0.3 is 14.8 Å². The first-order valence-corrected chi connectivity index (χ1v) is 11.2. The van der Waals surface area contributed by atoms with Crippen LogP contribution < -0.4 is 5.56 Å². The van der Waals surface area contributed by atoms with Gasteiger partial charge in [0.1, 0.15) is 5.82 Å². The van der Waals surface area contributed by atoms with E-state index in [0.29, 0.717) is 42.9 Å². The molecule has 3 heterocycles. The van der Waals surface area contributed by atoms with Crippen LogP contribution in [-0.4, -0.2) is 51.2 Å².